The van der Waals surface area contributed by atoms with Crippen molar-refractivity contribution in [3.8, 4) is 0 Å². The quantitative estimate of drug-likeness (QED) is 0.663. The van der Waals surface area contributed by atoms with E-state index in [9.17, 15) is 10.1 Å². The summed E-state index contributed by atoms with van der Waals surface area (Å²) in [4.78, 5) is 14.8. The molecule has 20 heavy (non-hydrogen) atoms. The molecule has 0 spiro atoms. The predicted molar refractivity (Wildman–Crippen MR) is 82.2 cm³/mol. The van der Waals surface area contributed by atoms with Crippen LogP contribution in [0.3, 0.4) is 0 Å². The lowest BCUT2D eigenvalue weighted by Gasteiger charge is -2.08. The first-order valence-corrected chi connectivity index (χ1v) is 6.50. The Hall–Kier alpha value is -2.21. The molecule has 0 aliphatic rings. The molecule has 6 nitrogen and oxygen atoms in total. The topological polar surface area (TPSA) is 80.1 Å². The summed E-state index contributed by atoms with van der Waals surface area (Å²) in [5, 5.41) is 17.5. The molecule has 0 aliphatic heterocycles. The minimum atomic E-state index is -0.374. The summed E-state index contributed by atoms with van der Waals surface area (Å²) < 4.78 is 0. The lowest BCUT2D eigenvalue weighted by atomic mass is 10.1. The Kier molecular flexibility index (Phi) is 6.39. The number of anilines is 1. The van der Waals surface area contributed by atoms with Gasteiger partial charge in [-0.1, -0.05) is 13.0 Å². The van der Waals surface area contributed by atoms with Crippen molar-refractivity contribution in [1.82, 2.24) is 10.3 Å². The van der Waals surface area contributed by atoms with E-state index in [2.05, 4.69) is 15.6 Å². The summed E-state index contributed by atoms with van der Waals surface area (Å²) >= 11 is 0. The molecule has 0 saturated carbocycles. The monoisotopic (exact) mass is 276 g/mol. The molecular formula is C14H20N4O2. The molecule has 0 fully saturated rings. The number of fused-ring (bicyclic) bond motifs is 1. The van der Waals surface area contributed by atoms with Crippen molar-refractivity contribution in [2.75, 3.05) is 26.0 Å². The summed E-state index contributed by atoms with van der Waals surface area (Å²) in [6.45, 7) is 2.83. The average molecular weight is 276 g/mol. The molecule has 0 bridgehead atoms. The molecule has 6 heteroatoms. The van der Waals surface area contributed by atoms with Gasteiger partial charge in [0.05, 0.1) is 16.1 Å². The van der Waals surface area contributed by atoms with Crippen molar-refractivity contribution in [1.29, 1.82) is 0 Å². The SMILES string of the molecule is CCCNc1ccnc2cccc([N+](=O)[O-])c12.CNC. The first kappa shape index (κ1) is 15.8. The second kappa shape index (κ2) is 8.06. The second-order valence-electron chi connectivity index (χ2n) is 4.21. The van der Waals surface area contributed by atoms with E-state index in [0.717, 1.165) is 18.7 Å². The number of non-ortho nitro benzene ring substituents is 1. The Morgan fingerprint density at radius 2 is 2.00 bits per heavy atom. The smallest absolute Gasteiger partial charge is 0.280 e. The molecule has 0 saturated heterocycles. The third kappa shape index (κ3) is 3.89. The molecule has 2 aromatic rings. The Balaban J connectivity index is 0.000000612. The van der Waals surface area contributed by atoms with Crippen LogP contribution in [0.15, 0.2) is 30.5 Å². The van der Waals surface area contributed by atoms with Gasteiger partial charge in [0.2, 0.25) is 0 Å². The number of aromatic nitrogens is 1. The van der Waals surface area contributed by atoms with Gasteiger partial charge in [-0.2, -0.15) is 0 Å². The van der Waals surface area contributed by atoms with E-state index >= 15 is 0 Å². The molecule has 0 aliphatic carbocycles. The Labute approximate surface area is 118 Å². The molecule has 1 aromatic heterocycles. The van der Waals surface area contributed by atoms with Crippen molar-refractivity contribution in [2.24, 2.45) is 0 Å². The van der Waals surface area contributed by atoms with Gasteiger partial charge in [-0.05, 0) is 32.6 Å². The molecule has 0 atom stereocenters. The van der Waals surface area contributed by atoms with E-state index in [1.165, 1.54) is 6.07 Å². The Morgan fingerprint density at radius 1 is 1.30 bits per heavy atom. The third-order valence-electron chi connectivity index (χ3n) is 2.51. The van der Waals surface area contributed by atoms with Gasteiger partial charge in [-0.15, -0.1) is 0 Å². The summed E-state index contributed by atoms with van der Waals surface area (Å²) in [5.74, 6) is 0. The number of nitro benzene ring substituents is 1. The molecule has 2 rings (SSSR count). The van der Waals surface area contributed by atoms with Crippen LogP contribution in [0.25, 0.3) is 10.9 Å². The van der Waals surface area contributed by atoms with E-state index in [1.54, 1.807) is 24.4 Å². The second-order valence-corrected chi connectivity index (χ2v) is 4.21. The fourth-order valence-corrected chi connectivity index (χ4v) is 1.75. The third-order valence-corrected chi connectivity index (χ3v) is 2.51. The molecule has 2 N–H and O–H groups in total. The van der Waals surface area contributed by atoms with E-state index in [1.807, 2.05) is 21.0 Å². The van der Waals surface area contributed by atoms with Crippen LogP contribution in [0.5, 0.6) is 0 Å². The van der Waals surface area contributed by atoms with E-state index in [-0.39, 0.29) is 10.6 Å². The van der Waals surface area contributed by atoms with Crippen LogP contribution in [-0.2, 0) is 0 Å². The van der Waals surface area contributed by atoms with Gasteiger partial charge in [0.1, 0.15) is 5.39 Å². The zero-order valence-corrected chi connectivity index (χ0v) is 12.0. The standard InChI is InChI=1S/C12H13N3O2.C2H7N/c1-2-7-13-10-6-8-14-9-4-3-5-11(12(9)10)15(16)17;1-3-2/h3-6,8H,2,7H2,1H3,(H,13,14);3H,1-2H3. The molecule has 0 radical (unpaired) electrons. The number of hydrogen-bond donors (Lipinski definition) is 2. The van der Waals surface area contributed by atoms with Crippen molar-refractivity contribution >= 4 is 22.3 Å². The maximum absolute atomic E-state index is 11.0. The highest BCUT2D eigenvalue weighted by Gasteiger charge is 2.15. The molecule has 108 valence electrons. The van der Waals surface area contributed by atoms with Gasteiger partial charge in [0.15, 0.2) is 0 Å². The van der Waals surface area contributed by atoms with Crippen molar-refractivity contribution in [3.63, 3.8) is 0 Å². The summed E-state index contributed by atoms with van der Waals surface area (Å²) in [6, 6.07) is 6.70. The van der Waals surface area contributed by atoms with Crippen molar-refractivity contribution in [2.45, 2.75) is 13.3 Å². The van der Waals surface area contributed by atoms with Gasteiger partial charge in [-0.3, -0.25) is 15.1 Å². The first-order valence-electron chi connectivity index (χ1n) is 6.50. The zero-order valence-electron chi connectivity index (χ0n) is 12.0. The van der Waals surface area contributed by atoms with Gasteiger partial charge in [-0.25, -0.2) is 0 Å². The minimum Gasteiger partial charge on any atom is -0.384 e. The van der Waals surface area contributed by atoms with E-state index in [0.29, 0.717) is 10.9 Å². The molecule has 1 heterocycles. The number of nitrogens with zero attached hydrogens (tertiary/aromatic N) is 2. The lowest BCUT2D eigenvalue weighted by Crippen LogP contribution is -2.02. The normalized spacial score (nSPS) is 9.75. The van der Waals surface area contributed by atoms with Gasteiger partial charge < -0.3 is 10.6 Å². The largest absolute Gasteiger partial charge is 0.384 e. The predicted octanol–water partition coefficient (Wildman–Crippen LogP) is 2.80. The minimum absolute atomic E-state index is 0.0919. The fourth-order valence-electron chi connectivity index (χ4n) is 1.75. The number of rotatable bonds is 4. The highest BCUT2D eigenvalue weighted by molar-refractivity contribution is 5.98. The van der Waals surface area contributed by atoms with Crippen LogP contribution in [0.1, 0.15) is 13.3 Å². The van der Waals surface area contributed by atoms with Crippen molar-refractivity contribution < 1.29 is 4.92 Å². The van der Waals surface area contributed by atoms with Crippen LogP contribution < -0.4 is 10.6 Å². The number of nitrogens with one attached hydrogen (secondary N) is 2. The number of pyridine rings is 1. The van der Waals surface area contributed by atoms with Gasteiger partial charge in [0.25, 0.3) is 5.69 Å². The summed E-state index contributed by atoms with van der Waals surface area (Å²) in [5.41, 5.74) is 1.50. The van der Waals surface area contributed by atoms with E-state index in [4.69, 9.17) is 0 Å². The van der Waals surface area contributed by atoms with Crippen LogP contribution in [0.2, 0.25) is 0 Å². The van der Waals surface area contributed by atoms with Crippen molar-refractivity contribution in [3.05, 3.63) is 40.6 Å². The molecule has 0 unspecified atom stereocenters. The van der Waals surface area contributed by atoms with E-state index < -0.39 is 0 Å². The maximum atomic E-state index is 11.0. The summed E-state index contributed by atoms with van der Waals surface area (Å²) in [7, 11) is 3.75. The Bertz CT molecular complexity index is 567. The van der Waals surface area contributed by atoms with Gasteiger partial charge in [0, 0.05) is 18.8 Å². The van der Waals surface area contributed by atoms with Crippen LogP contribution in [0, 0.1) is 10.1 Å². The maximum Gasteiger partial charge on any atom is 0.280 e. The number of hydrogen-bond acceptors (Lipinski definition) is 5. The average Bonchev–Trinajstić information content (AvgIpc) is 2.45. The zero-order chi connectivity index (χ0) is 15.0. The highest BCUT2D eigenvalue weighted by Crippen LogP contribution is 2.30. The number of benzene rings is 1. The van der Waals surface area contributed by atoms with Gasteiger partial charge >= 0.3 is 0 Å². The molecule has 0 amide bonds. The highest BCUT2D eigenvalue weighted by atomic mass is 16.6. The first-order chi connectivity index (χ1) is 9.65. The van der Waals surface area contributed by atoms with Crippen LogP contribution in [-0.4, -0.2) is 30.5 Å². The lowest BCUT2D eigenvalue weighted by molar-refractivity contribution is -0.383. The van der Waals surface area contributed by atoms with Crippen LogP contribution >= 0.6 is 0 Å². The molecular weight excluding hydrogens is 256 g/mol. The number of nitro groups is 1. The van der Waals surface area contributed by atoms with Crippen LogP contribution in [0.4, 0.5) is 11.4 Å². The summed E-state index contributed by atoms with van der Waals surface area (Å²) in [6.07, 6.45) is 2.62. The fraction of sp³-hybridized carbons (Fsp3) is 0.357. The Morgan fingerprint density at radius 3 is 2.60 bits per heavy atom. The molecule has 1 aromatic carbocycles.